The molecule has 1 nitrogen and oxygen atoms in total. The number of rotatable bonds is 3. The highest BCUT2D eigenvalue weighted by Gasteiger charge is 2.19. The van der Waals surface area contributed by atoms with Gasteiger partial charge in [-0.25, -0.2) is 0 Å². The van der Waals surface area contributed by atoms with Gasteiger partial charge < -0.3 is 5.32 Å². The third-order valence-electron chi connectivity index (χ3n) is 3.98. The van der Waals surface area contributed by atoms with Crippen LogP contribution in [0.3, 0.4) is 0 Å². The molecule has 1 aliphatic rings. The van der Waals surface area contributed by atoms with Crippen LogP contribution in [0.25, 0.3) is 11.1 Å². The maximum atomic E-state index is 3.38. The van der Waals surface area contributed by atoms with E-state index in [0.29, 0.717) is 6.04 Å². The van der Waals surface area contributed by atoms with Crippen LogP contribution in [0.1, 0.15) is 36.1 Å². The van der Waals surface area contributed by atoms with Gasteiger partial charge in [-0.15, -0.1) is 0 Å². The minimum atomic E-state index is 0.461. The quantitative estimate of drug-likeness (QED) is 0.728. The highest BCUT2D eigenvalue weighted by molar-refractivity contribution is 5.77. The molecular weight excluding hydrogens is 218 g/mol. The summed E-state index contributed by atoms with van der Waals surface area (Å²) >= 11 is 0. The first-order chi connectivity index (χ1) is 8.83. The van der Waals surface area contributed by atoms with E-state index in [1.54, 1.807) is 0 Å². The van der Waals surface area contributed by atoms with E-state index in [-0.39, 0.29) is 0 Å². The smallest absolute Gasteiger partial charge is 0.0315 e. The predicted octanol–water partition coefficient (Wildman–Crippen LogP) is 3.93. The number of hydrogen-bond acceptors (Lipinski definition) is 1. The lowest BCUT2D eigenvalue weighted by molar-refractivity contribution is 0.577. The topological polar surface area (TPSA) is 12.0 Å². The summed E-state index contributed by atoms with van der Waals surface area (Å²) in [5.41, 5.74) is 7.17. The molecule has 0 aromatic heterocycles. The number of fused-ring (bicyclic) bond motifs is 3. The Bertz CT molecular complexity index is 568. The fraction of sp³-hybridized carbons (Fsp3) is 0.294. The summed E-state index contributed by atoms with van der Waals surface area (Å²) < 4.78 is 0. The number of nitrogens with one attached hydrogen (secondary N) is 1. The molecule has 0 spiro atoms. The van der Waals surface area contributed by atoms with Crippen molar-refractivity contribution < 1.29 is 0 Å². The maximum Gasteiger partial charge on any atom is 0.0315 e. The molecule has 1 heteroatoms. The summed E-state index contributed by atoms with van der Waals surface area (Å²) in [6.07, 6.45) is 2.21. The molecule has 3 rings (SSSR count). The fourth-order valence-corrected chi connectivity index (χ4v) is 2.96. The van der Waals surface area contributed by atoms with E-state index >= 15 is 0 Å². The van der Waals surface area contributed by atoms with Crippen molar-refractivity contribution in [1.82, 2.24) is 5.32 Å². The van der Waals surface area contributed by atoms with Gasteiger partial charge in [0.05, 0.1) is 0 Å². The lowest BCUT2D eigenvalue weighted by Gasteiger charge is -2.15. The second kappa shape index (κ2) is 4.58. The molecule has 1 unspecified atom stereocenters. The van der Waals surface area contributed by atoms with E-state index in [0.717, 1.165) is 12.8 Å². The Morgan fingerprint density at radius 2 is 1.83 bits per heavy atom. The molecule has 0 bridgehead atoms. The number of hydrogen-bond donors (Lipinski definition) is 1. The van der Waals surface area contributed by atoms with Crippen LogP contribution in [0.15, 0.2) is 42.5 Å². The van der Waals surface area contributed by atoms with E-state index < -0.39 is 0 Å². The van der Waals surface area contributed by atoms with Crippen molar-refractivity contribution in [3.8, 4) is 11.1 Å². The molecule has 1 aliphatic carbocycles. The molecule has 1 atom stereocenters. The highest BCUT2D eigenvalue weighted by Crippen LogP contribution is 2.37. The largest absolute Gasteiger partial charge is 0.313 e. The van der Waals surface area contributed by atoms with E-state index in [2.05, 4.69) is 54.7 Å². The zero-order valence-electron chi connectivity index (χ0n) is 11.0. The van der Waals surface area contributed by atoms with E-state index in [4.69, 9.17) is 0 Å². The van der Waals surface area contributed by atoms with E-state index in [9.17, 15) is 0 Å². The van der Waals surface area contributed by atoms with Crippen molar-refractivity contribution in [3.63, 3.8) is 0 Å². The van der Waals surface area contributed by atoms with Gasteiger partial charge in [0.1, 0.15) is 0 Å². The van der Waals surface area contributed by atoms with Crippen molar-refractivity contribution in [1.29, 1.82) is 0 Å². The third kappa shape index (κ3) is 1.75. The predicted molar refractivity (Wildman–Crippen MR) is 76.8 cm³/mol. The summed E-state index contributed by atoms with van der Waals surface area (Å²) in [7, 11) is 2.04. The molecule has 0 heterocycles. The van der Waals surface area contributed by atoms with Crippen LogP contribution in [0.2, 0.25) is 0 Å². The van der Waals surface area contributed by atoms with Crippen LogP contribution in [0, 0.1) is 0 Å². The number of benzene rings is 2. The summed E-state index contributed by atoms with van der Waals surface area (Å²) in [6, 6.07) is 16.1. The van der Waals surface area contributed by atoms with E-state index in [1.807, 2.05) is 7.05 Å². The molecule has 1 N–H and O–H groups in total. The SMILES string of the molecule is CCC(NC)c1ccc2c(c1)-c1ccccc1C2. The molecule has 0 aliphatic heterocycles. The van der Waals surface area contributed by atoms with Crippen LogP contribution in [0.5, 0.6) is 0 Å². The summed E-state index contributed by atoms with van der Waals surface area (Å²) in [5.74, 6) is 0. The Hall–Kier alpha value is -1.60. The van der Waals surface area contributed by atoms with Gasteiger partial charge in [0.2, 0.25) is 0 Å². The minimum absolute atomic E-state index is 0.461. The molecular formula is C17H19N. The van der Waals surface area contributed by atoms with E-state index in [1.165, 1.54) is 27.8 Å². The molecule has 92 valence electrons. The van der Waals surface area contributed by atoms with Gasteiger partial charge in [-0.05, 0) is 53.8 Å². The van der Waals surface area contributed by atoms with Crippen molar-refractivity contribution in [2.24, 2.45) is 0 Å². The molecule has 2 aromatic rings. The van der Waals surface area contributed by atoms with Crippen molar-refractivity contribution >= 4 is 0 Å². The summed E-state index contributed by atoms with van der Waals surface area (Å²) in [6.45, 7) is 2.22. The van der Waals surface area contributed by atoms with Gasteiger partial charge >= 0.3 is 0 Å². The maximum absolute atomic E-state index is 3.38. The van der Waals surface area contributed by atoms with Crippen LogP contribution in [-0.4, -0.2) is 7.05 Å². The second-order valence-electron chi connectivity index (χ2n) is 5.00. The zero-order chi connectivity index (χ0) is 12.5. The Kier molecular flexibility index (Phi) is 2.92. The average Bonchev–Trinajstić information content (AvgIpc) is 2.78. The van der Waals surface area contributed by atoms with Crippen molar-refractivity contribution in [3.05, 3.63) is 59.2 Å². The summed E-state index contributed by atoms with van der Waals surface area (Å²) in [4.78, 5) is 0. The average molecular weight is 237 g/mol. The Balaban J connectivity index is 2.08. The fourth-order valence-electron chi connectivity index (χ4n) is 2.96. The lowest BCUT2D eigenvalue weighted by Crippen LogP contribution is -2.15. The lowest BCUT2D eigenvalue weighted by atomic mass is 9.98. The third-order valence-corrected chi connectivity index (χ3v) is 3.98. The molecule has 18 heavy (non-hydrogen) atoms. The second-order valence-corrected chi connectivity index (χ2v) is 5.00. The van der Waals surface area contributed by atoms with Crippen LogP contribution in [0.4, 0.5) is 0 Å². The first-order valence-corrected chi connectivity index (χ1v) is 6.72. The van der Waals surface area contributed by atoms with Gasteiger partial charge in [0.25, 0.3) is 0 Å². The van der Waals surface area contributed by atoms with Gasteiger partial charge in [-0.2, -0.15) is 0 Å². The Morgan fingerprint density at radius 3 is 2.61 bits per heavy atom. The highest BCUT2D eigenvalue weighted by atomic mass is 14.9. The molecule has 0 saturated carbocycles. The normalized spacial score (nSPS) is 14.1. The minimum Gasteiger partial charge on any atom is -0.313 e. The molecule has 0 amide bonds. The zero-order valence-corrected chi connectivity index (χ0v) is 11.0. The molecule has 0 radical (unpaired) electrons. The first-order valence-electron chi connectivity index (χ1n) is 6.72. The van der Waals surface area contributed by atoms with Crippen LogP contribution < -0.4 is 5.32 Å². The standard InChI is InChI=1S/C17H19N/c1-3-17(18-2)14-9-8-13-10-12-6-4-5-7-15(12)16(13)11-14/h4-9,11,17-18H,3,10H2,1-2H3. The van der Waals surface area contributed by atoms with Crippen LogP contribution >= 0.6 is 0 Å². The molecule has 0 saturated heterocycles. The van der Waals surface area contributed by atoms with Gasteiger partial charge in [0.15, 0.2) is 0 Å². The Labute approximate surface area is 109 Å². The van der Waals surface area contributed by atoms with Crippen molar-refractivity contribution in [2.45, 2.75) is 25.8 Å². The van der Waals surface area contributed by atoms with Gasteiger partial charge in [-0.1, -0.05) is 43.3 Å². The Morgan fingerprint density at radius 1 is 1.06 bits per heavy atom. The monoisotopic (exact) mass is 237 g/mol. The van der Waals surface area contributed by atoms with Gasteiger partial charge in [0, 0.05) is 6.04 Å². The molecule has 0 fully saturated rings. The molecule has 2 aromatic carbocycles. The van der Waals surface area contributed by atoms with Crippen molar-refractivity contribution in [2.75, 3.05) is 7.05 Å². The summed E-state index contributed by atoms with van der Waals surface area (Å²) in [5, 5.41) is 3.38. The van der Waals surface area contributed by atoms with Gasteiger partial charge in [-0.3, -0.25) is 0 Å². The van der Waals surface area contributed by atoms with Crippen LogP contribution in [-0.2, 0) is 6.42 Å². The first kappa shape index (κ1) is 11.5.